The van der Waals surface area contributed by atoms with Gasteiger partial charge in [0.25, 0.3) is 0 Å². The highest BCUT2D eigenvalue weighted by molar-refractivity contribution is 5.73. The Hall–Kier alpha value is -1.90. The zero-order valence-corrected chi connectivity index (χ0v) is 10.3. The number of hydrogen-bond donors (Lipinski definition) is 0. The van der Waals surface area contributed by atoms with E-state index in [-0.39, 0.29) is 5.41 Å². The molecule has 0 saturated heterocycles. The Kier molecular flexibility index (Phi) is 2.84. The molecule has 88 valence electrons. The van der Waals surface area contributed by atoms with Gasteiger partial charge in [-0.05, 0) is 29.2 Å². The van der Waals surface area contributed by atoms with Crippen LogP contribution < -0.4 is 0 Å². The molecule has 0 radical (unpaired) electrons. The molecule has 2 rings (SSSR count). The fraction of sp³-hybridized carbons (Fsp3) is 0.286. The Morgan fingerprint density at radius 1 is 1.12 bits per heavy atom. The van der Waals surface area contributed by atoms with Crippen molar-refractivity contribution in [2.45, 2.75) is 26.2 Å². The SMILES string of the molecule is CC(C)(C)c1ccc(-n2nccc2C=O)cc1. The van der Waals surface area contributed by atoms with E-state index < -0.39 is 0 Å². The Labute approximate surface area is 101 Å². The molecule has 0 fully saturated rings. The summed E-state index contributed by atoms with van der Waals surface area (Å²) in [6.45, 7) is 6.52. The molecule has 17 heavy (non-hydrogen) atoms. The lowest BCUT2D eigenvalue weighted by Gasteiger charge is -2.19. The Balaban J connectivity index is 2.39. The lowest BCUT2D eigenvalue weighted by Crippen LogP contribution is -2.11. The van der Waals surface area contributed by atoms with E-state index in [1.165, 1.54) is 5.56 Å². The number of rotatable bonds is 2. The van der Waals surface area contributed by atoms with Gasteiger partial charge in [-0.3, -0.25) is 4.79 Å². The summed E-state index contributed by atoms with van der Waals surface area (Å²) >= 11 is 0. The summed E-state index contributed by atoms with van der Waals surface area (Å²) < 4.78 is 1.64. The van der Waals surface area contributed by atoms with E-state index in [0.717, 1.165) is 12.0 Å². The van der Waals surface area contributed by atoms with Crippen molar-refractivity contribution in [3.05, 3.63) is 47.8 Å². The van der Waals surface area contributed by atoms with Crippen molar-refractivity contribution in [1.29, 1.82) is 0 Å². The minimum absolute atomic E-state index is 0.135. The zero-order chi connectivity index (χ0) is 12.5. The van der Waals surface area contributed by atoms with Crippen LogP contribution in [0, 0.1) is 0 Å². The van der Waals surface area contributed by atoms with E-state index >= 15 is 0 Å². The highest BCUT2D eigenvalue weighted by atomic mass is 16.1. The van der Waals surface area contributed by atoms with Crippen LogP contribution in [0.4, 0.5) is 0 Å². The maximum absolute atomic E-state index is 10.8. The van der Waals surface area contributed by atoms with Crippen molar-refractivity contribution in [3.8, 4) is 5.69 Å². The van der Waals surface area contributed by atoms with Gasteiger partial charge < -0.3 is 0 Å². The van der Waals surface area contributed by atoms with Gasteiger partial charge in [0, 0.05) is 0 Å². The summed E-state index contributed by atoms with van der Waals surface area (Å²) in [5, 5.41) is 4.13. The number of carbonyl (C=O) groups is 1. The van der Waals surface area contributed by atoms with Crippen LogP contribution in [-0.4, -0.2) is 16.1 Å². The average molecular weight is 228 g/mol. The molecular formula is C14H16N2O. The monoisotopic (exact) mass is 228 g/mol. The zero-order valence-electron chi connectivity index (χ0n) is 10.3. The molecule has 1 aromatic carbocycles. The molecule has 0 amide bonds. The van der Waals surface area contributed by atoms with Crippen molar-refractivity contribution in [2.75, 3.05) is 0 Å². The van der Waals surface area contributed by atoms with Gasteiger partial charge >= 0.3 is 0 Å². The van der Waals surface area contributed by atoms with Crippen LogP contribution in [0.25, 0.3) is 5.69 Å². The largest absolute Gasteiger partial charge is 0.296 e. The lowest BCUT2D eigenvalue weighted by molar-refractivity contribution is 0.111. The van der Waals surface area contributed by atoms with Crippen LogP contribution in [-0.2, 0) is 5.41 Å². The first-order valence-electron chi connectivity index (χ1n) is 5.62. The van der Waals surface area contributed by atoms with Crippen LogP contribution in [0.5, 0.6) is 0 Å². The summed E-state index contributed by atoms with van der Waals surface area (Å²) in [4.78, 5) is 10.8. The molecule has 0 atom stereocenters. The molecule has 0 unspecified atom stereocenters. The summed E-state index contributed by atoms with van der Waals surface area (Å²) in [6, 6.07) is 9.82. The quantitative estimate of drug-likeness (QED) is 0.741. The van der Waals surface area contributed by atoms with Crippen LogP contribution in [0.1, 0.15) is 36.8 Å². The topological polar surface area (TPSA) is 34.9 Å². The third kappa shape index (κ3) is 2.28. The van der Waals surface area contributed by atoms with Gasteiger partial charge in [0.15, 0.2) is 6.29 Å². The number of benzene rings is 1. The van der Waals surface area contributed by atoms with Crippen LogP contribution >= 0.6 is 0 Å². The molecule has 0 aliphatic carbocycles. The van der Waals surface area contributed by atoms with Gasteiger partial charge in [0.2, 0.25) is 0 Å². The van der Waals surface area contributed by atoms with Crippen molar-refractivity contribution in [3.63, 3.8) is 0 Å². The number of aldehydes is 1. The van der Waals surface area contributed by atoms with E-state index in [9.17, 15) is 4.79 Å². The molecule has 0 aliphatic heterocycles. The van der Waals surface area contributed by atoms with Gasteiger partial charge in [-0.15, -0.1) is 0 Å². The van der Waals surface area contributed by atoms with Gasteiger partial charge in [0.05, 0.1) is 11.9 Å². The summed E-state index contributed by atoms with van der Waals surface area (Å²) in [6.07, 6.45) is 2.44. The predicted molar refractivity (Wildman–Crippen MR) is 67.7 cm³/mol. The highest BCUT2D eigenvalue weighted by Gasteiger charge is 2.13. The Morgan fingerprint density at radius 3 is 2.29 bits per heavy atom. The second-order valence-corrected chi connectivity index (χ2v) is 5.08. The summed E-state index contributed by atoms with van der Waals surface area (Å²) in [7, 11) is 0. The van der Waals surface area contributed by atoms with Gasteiger partial charge in [-0.1, -0.05) is 32.9 Å². The van der Waals surface area contributed by atoms with Crippen LogP contribution in [0.3, 0.4) is 0 Å². The van der Waals surface area contributed by atoms with E-state index in [0.29, 0.717) is 5.69 Å². The third-order valence-corrected chi connectivity index (χ3v) is 2.77. The number of hydrogen-bond acceptors (Lipinski definition) is 2. The second kappa shape index (κ2) is 4.17. The first-order chi connectivity index (χ1) is 8.02. The first-order valence-corrected chi connectivity index (χ1v) is 5.62. The smallest absolute Gasteiger partial charge is 0.168 e. The van der Waals surface area contributed by atoms with Gasteiger partial charge in [-0.2, -0.15) is 5.10 Å². The predicted octanol–water partition coefficient (Wildman–Crippen LogP) is 2.98. The van der Waals surface area contributed by atoms with Gasteiger partial charge in [0.1, 0.15) is 5.69 Å². The lowest BCUT2D eigenvalue weighted by atomic mass is 9.87. The maximum atomic E-state index is 10.8. The molecule has 0 bridgehead atoms. The fourth-order valence-electron chi connectivity index (χ4n) is 1.72. The normalized spacial score (nSPS) is 11.5. The minimum atomic E-state index is 0.135. The van der Waals surface area contributed by atoms with Gasteiger partial charge in [-0.25, -0.2) is 4.68 Å². The molecule has 0 aliphatic rings. The van der Waals surface area contributed by atoms with E-state index in [1.807, 2.05) is 12.1 Å². The molecule has 0 N–H and O–H groups in total. The molecule has 2 aromatic rings. The molecule has 1 heterocycles. The third-order valence-electron chi connectivity index (χ3n) is 2.77. The highest BCUT2D eigenvalue weighted by Crippen LogP contribution is 2.23. The van der Waals surface area contributed by atoms with E-state index in [4.69, 9.17) is 0 Å². The molecule has 0 saturated carbocycles. The van der Waals surface area contributed by atoms with E-state index in [1.54, 1.807) is 16.9 Å². The summed E-state index contributed by atoms with van der Waals surface area (Å²) in [5.74, 6) is 0. The maximum Gasteiger partial charge on any atom is 0.168 e. The number of aromatic nitrogens is 2. The molecule has 3 heteroatoms. The van der Waals surface area contributed by atoms with Crippen molar-refractivity contribution >= 4 is 6.29 Å². The molecule has 1 aromatic heterocycles. The number of carbonyl (C=O) groups excluding carboxylic acids is 1. The summed E-state index contributed by atoms with van der Waals surface area (Å²) in [5.41, 5.74) is 2.87. The van der Waals surface area contributed by atoms with Crippen molar-refractivity contribution in [1.82, 2.24) is 9.78 Å². The molecule has 3 nitrogen and oxygen atoms in total. The second-order valence-electron chi connectivity index (χ2n) is 5.08. The molecular weight excluding hydrogens is 212 g/mol. The standard InChI is InChI=1S/C14H16N2O/c1-14(2,3)11-4-6-12(7-5-11)16-13(10-17)8-9-15-16/h4-10H,1-3H3. The average Bonchev–Trinajstić information content (AvgIpc) is 2.76. The van der Waals surface area contributed by atoms with Crippen molar-refractivity contribution in [2.24, 2.45) is 0 Å². The Bertz CT molecular complexity index is 518. The Morgan fingerprint density at radius 2 is 1.76 bits per heavy atom. The van der Waals surface area contributed by atoms with Crippen LogP contribution in [0.2, 0.25) is 0 Å². The minimum Gasteiger partial charge on any atom is -0.296 e. The molecule has 0 spiro atoms. The number of nitrogens with zero attached hydrogens (tertiary/aromatic N) is 2. The first kappa shape index (κ1) is 11.6. The van der Waals surface area contributed by atoms with Crippen LogP contribution in [0.15, 0.2) is 36.5 Å². The van der Waals surface area contributed by atoms with E-state index in [2.05, 4.69) is 38.0 Å². The van der Waals surface area contributed by atoms with Crippen molar-refractivity contribution < 1.29 is 4.79 Å². The fourth-order valence-corrected chi connectivity index (χ4v) is 1.72.